The Hall–Kier alpha value is -3.71. The minimum absolute atomic E-state index is 0.241. The number of nitrogens with zero attached hydrogens (tertiary/aromatic N) is 2. The highest BCUT2D eigenvalue weighted by molar-refractivity contribution is 7.13. The number of hydrogen-bond acceptors (Lipinski definition) is 5. The van der Waals surface area contributed by atoms with E-state index in [2.05, 4.69) is 33.4 Å². The second-order valence-electron chi connectivity index (χ2n) is 6.69. The zero-order chi connectivity index (χ0) is 19.8. The zero-order valence-electron chi connectivity index (χ0n) is 15.5. The van der Waals surface area contributed by atoms with Crippen molar-refractivity contribution in [1.29, 1.82) is 0 Å². The zero-order valence-corrected chi connectivity index (χ0v) is 16.3. The van der Waals surface area contributed by atoms with E-state index in [4.69, 9.17) is 4.52 Å². The summed E-state index contributed by atoms with van der Waals surface area (Å²) in [6.07, 6.45) is 0. The van der Waals surface area contributed by atoms with Crippen molar-refractivity contribution in [2.24, 2.45) is 0 Å². The summed E-state index contributed by atoms with van der Waals surface area (Å²) in [5.41, 5.74) is 4.97. The molecule has 0 atom stereocenters. The number of carbonyl (C=O) groups is 1. The summed E-state index contributed by atoms with van der Waals surface area (Å²) in [6.45, 7) is 2.05. The van der Waals surface area contributed by atoms with E-state index in [0.29, 0.717) is 11.4 Å². The summed E-state index contributed by atoms with van der Waals surface area (Å²) < 4.78 is 5.27. The minimum Gasteiger partial charge on any atom is -0.355 e. The van der Waals surface area contributed by atoms with Gasteiger partial charge in [-0.05, 0) is 60.3 Å². The molecule has 2 N–H and O–H groups in total. The van der Waals surface area contributed by atoms with Crippen molar-refractivity contribution in [3.63, 3.8) is 0 Å². The predicted molar refractivity (Wildman–Crippen MR) is 114 cm³/mol. The standard InChI is InChI=1S/C22H16N4O2S/c1-13-4-9-16-17(11-13)25-21(24-16)14-5-7-15(8-6-14)23-22(27)18-12-19(28-26-18)20-3-2-10-29-20/h2-12H,1H3,(H,23,27)(H,24,25). The molecule has 0 aliphatic rings. The number of carbonyl (C=O) groups excluding carboxylic acids is 1. The van der Waals surface area contributed by atoms with Gasteiger partial charge in [0.1, 0.15) is 5.82 Å². The molecule has 0 unspecified atom stereocenters. The maximum Gasteiger partial charge on any atom is 0.277 e. The van der Waals surface area contributed by atoms with Gasteiger partial charge < -0.3 is 14.8 Å². The molecule has 5 rings (SSSR count). The molecule has 0 bridgehead atoms. The van der Waals surface area contributed by atoms with Gasteiger partial charge in [0.2, 0.25) is 0 Å². The fraction of sp³-hybridized carbons (Fsp3) is 0.0455. The maximum atomic E-state index is 12.5. The summed E-state index contributed by atoms with van der Waals surface area (Å²) >= 11 is 1.53. The van der Waals surface area contributed by atoms with Crippen molar-refractivity contribution >= 4 is 34.0 Å². The molecule has 29 heavy (non-hydrogen) atoms. The van der Waals surface area contributed by atoms with Crippen LogP contribution in [0.25, 0.3) is 33.1 Å². The van der Waals surface area contributed by atoms with E-state index in [-0.39, 0.29) is 11.6 Å². The molecule has 3 heterocycles. The molecule has 0 saturated heterocycles. The lowest BCUT2D eigenvalue weighted by Crippen LogP contribution is -2.11. The lowest BCUT2D eigenvalue weighted by molar-refractivity contribution is 0.101. The summed E-state index contributed by atoms with van der Waals surface area (Å²) in [7, 11) is 0. The molecule has 1 amide bonds. The summed E-state index contributed by atoms with van der Waals surface area (Å²) in [6, 6.07) is 19.1. The molecule has 2 aromatic carbocycles. The quantitative estimate of drug-likeness (QED) is 0.417. The van der Waals surface area contributed by atoms with E-state index in [0.717, 1.165) is 27.3 Å². The highest BCUT2D eigenvalue weighted by Gasteiger charge is 2.14. The first kappa shape index (κ1) is 17.4. The molecule has 0 radical (unpaired) electrons. The van der Waals surface area contributed by atoms with Gasteiger partial charge in [0.15, 0.2) is 11.5 Å². The van der Waals surface area contributed by atoms with Crippen molar-refractivity contribution in [3.05, 3.63) is 77.3 Å². The first-order chi connectivity index (χ1) is 14.2. The smallest absolute Gasteiger partial charge is 0.277 e. The Balaban J connectivity index is 1.33. The second kappa shape index (κ2) is 7.03. The Kier molecular flexibility index (Phi) is 4.22. The largest absolute Gasteiger partial charge is 0.355 e. The number of anilines is 1. The maximum absolute atomic E-state index is 12.5. The lowest BCUT2D eigenvalue weighted by atomic mass is 10.2. The molecule has 0 fully saturated rings. The summed E-state index contributed by atoms with van der Waals surface area (Å²) in [5.74, 6) is 1.06. The van der Waals surface area contributed by atoms with Crippen LogP contribution in [0.5, 0.6) is 0 Å². The number of H-pyrrole nitrogens is 1. The van der Waals surface area contributed by atoms with Gasteiger partial charge in [-0.1, -0.05) is 17.3 Å². The normalized spacial score (nSPS) is 11.1. The number of thiophene rings is 1. The van der Waals surface area contributed by atoms with Crippen molar-refractivity contribution in [2.75, 3.05) is 5.32 Å². The van der Waals surface area contributed by atoms with Crippen molar-refractivity contribution in [1.82, 2.24) is 15.1 Å². The molecular weight excluding hydrogens is 384 g/mol. The van der Waals surface area contributed by atoms with Gasteiger partial charge in [-0.3, -0.25) is 4.79 Å². The number of fused-ring (bicyclic) bond motifs is 1. The van der Waals surface area contributed by atoms with Gasteiger partial charge in [0, 0.05) is 17.3 Å². The van der Waals surface area contributed by atoms with Gasteiger partial charge in [-0.15, -0.1) is 11.3 Å². The molecule has 3 aromatic heterocycles. The highest BCUT2D eigenvalue weighted by atomic mass is 32.1. The number of hydrogen-bond donors (Lipinski definition) is 2. The van der Waals surface area contributed by atoms with Crippen LogP contribution in [-0.4, -0.2) is 21.0 Å². The molecule has 0 aliphatic heterocycles. The average molecular weight is 400 g/mol. The Labute approximate surface area is 170 Å². The van der Waals surface area contributed by atoms with E-state index < -0.39 is 0 Å². The SMILES string of the molecule is Cc1ccc2nc(-c3ccc(NC(=O)c4cc(-c5cccs5)on4)cc3)[nH]c2c1. The Morgan fingerprint density at radius 2 is 1.97 bits per heavy atom. The number of amides is 1. The molecule has 0 aliphatic carbocycles. The van der Waals surface area contributed by atoms with Gasteiger partial charge in [-0.2, -0.15) is 0 Å². The van der Waals surface area contributed by atoms with Crippen LogP contribution in [-0.2, 0) is 0 Å². The van der Waals surface area contributed by atoms with E-state index in [1.807, 2.05) is 53.9 Å². The Bertz CT molecular complexity index is 1300. The topological polar surface area (TPSA) is 83.8 Å². The van der Waals surface area contributed by atoms with E-state index in [1.54, 1.807) is 6.07 Å². The Morgan fingerprint density at radius 3 is 2.76 bits per heavy atom. The fourth-order valence-corrected chi connectivity index (χ4v) is 3.76. The van der Waals surface area contributed by atoms with Gasteiger partial charge in [0.05, 0.1) is 15.9 Å². The van der Waals surface area contributed by atoms with Crippen molar-refractivity contribution in [2.45, 2.75) is 6.92 Å². The van der Waals surface area contributed by atoms with Gasteiger partial charge in [-0.25, -0.2) is 4.98 Å². The van der Waals surface area contributed by atoms with Crippen LogP contribution in [0.15, 0.2) is 70.6 Å². The predicted octanol–water partition coefficient (Wildman–Crippen LogP) is 5.51. The van der Waals surface area contributed by atoms with Crippen LogP contribution in [0.3, 0.4) is 0 Å². The van der Waals surface area contributed by atoms with Crippen molar-refractivity contribution in [3.8, 4) is 22.0 Å². The number of imidazole rings is 1. The van der Waals surface area contributed by atoms with Crippen LogP contribution in [0.2, 0.25) is 0 Å². The molecule has 0 saturated carbocycles. The number of aromatic nitrogens is 3. The summed E-state index contributed by atoms with van der Waals surface area (Å²) in [5, 5.41) is 8.66. The van der Waals surface area contributed by atoms with Crippen LogP contribution < -0.4 is 5.32 Å². The third kappa shape index (κ3) is 3.43. The number of benzene rings is 2. The first-order valence-electron chi connectivity index (χ1n) is 9.04. The third-order valence-corrected chi connectivity index (χ3v) is 5.44. The van der Waals surface area contributed by atoms with Crippen molar-refractivity contribution < 1.29 is 9.32 Å². The van der Waals surface area contributed by atoms with Crippen LogP contribution in [0.4, 0.5) is 5.69 Å². The minimum atomic E-state index is -0.316. The molecular formula is C22H16N4O2S. The molecule has 142 valence electrons. The van der Waals surface area contributed by atoms with Crippen LogP contribution in [0, 0.1) is 6.92 Å². The number of rotatable bonds is 4. The van der Waals surface area contributed by atoms with E-state index in [1.165, 1.54) is 16.9 Å². The van der Waals surface area contributed by atoms with Gasteiger partial charge >= 0.3 is 0 Å². The van der Waals surface area contributed by atoms with E-state index >= 15 is 0 Å². The van der Waals surface area contributed by atoms with Crippen LogP contribution >= 0.6 is 11.3 Å². The molecule has 5 aromatic rings. The lowest BCUT2D eigenvalue weighted by Gasteiger charge is -2.03. The third-order valence-electron chi connectivity index (χ3n) is 4.56. The highest BCUT2D eigenvalue weighted by Crippen LogP contribution is 2.26. The monoisotopic (exact) mass is 400 g/mol. The Morgan fingerprint density at radius 1 is 1.10 bits per heavy atom. The fourth-order valence-electron chi connectivity index (χ4n) is 3.08. The number of nitrogens with one attached hydrogen (secondary N) is 2. The van der Waals surface area contributed by atoms with E-state index in [9.17, 15) is 4.79 Å². The molecule has 6 nitrogen and oxygen atoms in total. The molecule has 0 spiro atoms. The second-order valence-corrected chi connectivity index (χ2v) is 7.64. The first-order valence-corrected chi connectivity index (χ1v) is 9.92. The average Bonchev–Trinajstić information content (AvgIpc) is 3.47. The number of aryl methyl sites for hydroxylation is 1. The number of aromatic amines is 1. The van der Waals surface area contributed by atoms with Crippen LogP contribution in [0.1, 0.15) is 16.1 Å². The summed E-state index contributed by atoms with van der Waals surface area (Å²) in [4.78, 5) is 21.3. The van der Waals surface area contributed by atoms with Gasteiger partial charge in [0.25, 0.3) is 5.91 Å². The molecule has 7 heteroatoms.